The fourth-order valence-electron chi connectivity index (χ4n) is 4.23. The number of ether oxygens (including phenoxy) is 3. The van der Waals surface area contributed by atoms with Crippen LogP contribution >= 0.6 is 0 Å². The van der Waals surface area contributed by atoms with Crippen molar-refractivity contribution in [1.29, 1.82) is 0 Å². The van der Waals surface area contributed by atoms with Crippen LogP contribution in [0.1, 0.15) is 45.7 Å². The van der Waals surface area contributed by atoms with Crippen molar-refractivity contribution in [3.05, 3.63) is 51.8 Å². The van der Waals surface area contributed by atoms with Crippen LogP contribution in [0.3, 0.4) is 0 Å². The molecule has 0 aliphatic carbocycles. The molecule has 0 radical (unpaired) electrons. The molecule has 3 aromatic rings. The van der Waals surface area contributed by atoms with Crippen LogP contribution in [0.2, 0.25) is 18.1 Å². The predicted molar refractivity (Wildman–Crippen MR) is 150 cm³/mol. The molecule has 0 spiro atoms. The summed E-state index contributed by atoms with van der Waals surface area (Å²) in [7, 11) is 1.21. The maximum absolute atomic E-state index is 13.0. The largest absolute Gasteiger partial charge is 0.497 e. The summed E-state index contributed by atoms with van der Waals surface area (Å²) in [6, 6.07) is 9.59. The smallest absolute Gasteiger partial charge is 0.260 e. The quantitative estimate of drug-likeness (QED) is 0.330. The van der Waals surface area contributed by atoms with Gasteiger partial charge in [-0.05, 0) is 92.2 Å². The minimum Gasteiger partial charge on any atom is -0.497 e. The molecule has 0 aliphatic rings. The SMILES string of the molecule is COc1cc(OC)c2c(=O)[nH]c(-c3cc(C)c(OCC(C)(C)O[Si](C)(C)C(C)(C)C)c(C)c3)cc2c1. The van der Waals surface area contributed by atoms with Gasteiger partial charge in [0, 0.05) is 11.8 Å². The highest BCUT2D eigenvalue weighted by atomic mass is 28.4. The van der Waals surface area contributed by atoms with Gasteiger partial charge in [0.05, 0.1) is 25.2 Å². The molecule has 7 heteroatoms. The fraction of sp³-hybridized carbons (Fsp3) is 0.483. The number of benzene rings is 2. The number of rotatable bonds is 8. The van der Waals surface area contributed by atoms with Gasteiger partial charge in [-0.3, -0.25) is 4.79 Å². The van der Waals surface area contributed by atoms with Gasteiger partial charge in [-0.2, -0.15) is 0 Å². The molecule has 0 amide bonds. The highest BCUT2D eigenvalue weighted by molar-refractivity contribution is 6.74. The molecule has 1 aromatic heterocycles. The van der Waals surface area contributed by atoms with Crippen molar-refractivity contribution < 1.29 is 18.6 Å². The Labute approximate surface area is 216 Å². The Balaban J connectivity index is 1.92. The van der Waals surface area contributed by atoms with Crippen molar-refractivity contribution in [2.45, 2.75) is 72.2 Å². The van der Waals surface area contributed by atoms with Crippen LogP contribution in [0.5, 0.6) is 17.2 Å². The van der Waals surface area contributed by atoms with Gasteiger partial charge in [-0.25, -0.2) is 0 Å². The van der Waals surface area contributed by atoms with E-state index in [0.717, 1.165) is 33.5 Å². The van der Waals surface area contributed by atoms with E-state index < -0.39 is 13.9 Å². The number of aromatic amines is 1. The van der Waals surface area contributed by atoms with Gasteiger partial charge in [-0.15, -0.1) is 0 Å². The standard InChI is InChI=1S/C29H41NO5Si/c1-18-12-20(23-15-21-14-22(32-8)16-24(33-9)25(21)27(31)30-23)13-19(2)26(18)34-17-29(6,7)35-36(10,11)28(3,4)5/h12-16H,17H2,1-11H3,(H,30,31). The molecule has 0 atom stereocenters. The Kier molecular flexibility index (Phi) is 7.68. The van der Waals surface area contributed by atoms with Crippen LogP contribution in [-0.2, 0) is 4.43 Å². The van der Waals surface area contributed by atoms with E-state index in [-0.39, 0.29) is 10.6 Å². The minimum atomic E-state index is -1.93. The molecule has 2 aromatic carbocycles. The molecular weight excluding hydrogens is 470 g/mol. The van der Waals surface area contributed by atoms with Crippen molar-refractivity contribution >= 4 is 19.1 Å². The van der Waals surface area contributed by atoms with Crippen LogP contribution in [-0.4, -0.2) is 39.7 Å². The van der Waals surface area contributed by atoms with E-state index >= 15 is 0 Å². The van der Waals surface area contributed by atoms with Gasteiger partial charge < -0.3 is 23.6 Å². The monoisotopic (exact) mass is 511 g/mol. The molecule has 0 unspecified atom stereocenters. The van der Waals surface area contributed by atoms with E-state index in [0.29, 0.717) is 23.5 Å². The first-order chi connectivity index (χ1) is 16.6. The van der Waals surface area contributed by atoms with E-state index in [9.17, 15) is 4.79 Å². The lowest BCUT2D eigenvalue weighted by Crippen LogP contribution is -2.49. The zero-order valence-electron chi connectivity index (χ0n) is 23.6. The number of fused-ring (bicyclic) bond motifs is 1. The first-order valence-corrected chi connectivity index (χ1v) is 15.2. The van der Waals surface area contributed by atoms with E-state index in [1.807, 2.05) is 38.1 Å². The van der Waals surface area contributed by atoms with Gasteiger partial charge in [0.25, 0.3) is 5.56 Å². The van der Waals surface area contributed by atoms with Crippen molar-refractivity contribution in [2.75, 3.05) is 20.8 Å². The van der Waals surface area contributed by atoms with Crippen molar-refractivity contribution in [1.82, 2.24) is 4.98 Å². The van der Waals surface area contributed by atoms with Gasteiger partial charge in [0.15, 0.2) is 8.32 Å². The number of aromatic nitrogens is 1. The molecule has 196 valence electrons. The van der Waals surface area contributed by atoms with Gasteiger partial charge in [-0.1, -0.05) is 20.8 Å². The molecule has 1 N–H and O–H groups in total. The maximum atomic E-state index is 13.0. The molecular formula is C29H41NO5Si. The van der Waals surface area contributed by atoms with Gasteiger partial charge >= 0.3 is 0 Å². The molecule has 1 heterocycles. The summed E-state index contributed by atoms with van der Waals surface area (Å²) in [5.41, 5.74) is 3.01. The van der Waals surface area contributed by atoms with E-state index in [1.165, 1.54) is 0 Å². The lowest BCUT2D eigenvalue weighted by Gasteiger charge is -2.42. The second-order valence-electron chi connectivity index (χ2n) is 11.7. The van der Waals surface area contributed by atoms with Gasteiger partial charge in [0.2, 0.25) is 0 Å². The number of hydrogen-bond acceptors (Lipinski definition) is 5. The third-order valence-electron chi connectivity index (χ3n) is 7.01. The molecule has 3 rings (SSSR count). The molecule has 36 heavy (non-hydrogen) atoms. The number of pyridine rings is 1. The lowest BCUT2D eigenvalue weighted by atomic mass is 10.0. The number of methoxy groups -OCH3 is 2. The average Bonchev–Trinajstić information content (AvgIpc) is 2.75. The number of hydrogen-bond donors (Lipinski definition) is 1. The first kappa shape index (κ1) is 27.8. The van der Waals surface area contributed by atoms with E-state index in [1.54, 1.807) is 20.3 Å². The Hall–Kier alpha value is -2.77. The fourth-order valence-corrected chi connectivity index (χ4v) is 5.98. The minimum absolute atomic E-state index is 0.128. The van der Waals surface area contributed by atoms with Crippen LogP contribution in [0, 0.1) is 13.8 Å². The summed E-state index contributed by atoms with van der Waals surface area (Å²) in [5.74, 6) is 1.96. The molecule has 0 fully saturated rings. The Morgan fingerprint density at radius 3 is 2.03 bits per heavy atom. The van der Waals surface area contributed by atoms with E-state index in [4.69, 9.17) is 18.6 Å². The van der Waals surface area contributed by atoms with Crippen LogP contribution in [0.25, 0.3) is 22.0 Å². The summed E-state index contributed by atoms with van der Waals surface area (Å²) in [4.78, 5) is 16.0. The highest BCUT2D eigenvalue weighted by Crippen LogP contribution is 2.39. The summed E-state index contributed by atoms with van der Waals surface area (Å²) >= 11 is 0. The lowest BCUT2D eigenvalue weighted by molar-refractivity contribution is 0.0387. The number of nitrogens with one attached hydrogen (secondary N) is 1. The van der Waals surface area contributed by atoms with Crippen molar-refractivity contribution in [3.8, 4) is 28.5 Å². The Bertz CT molecular complexity index is 1290. The normalized spacial score (nSPS) is 12.6. The molecule has 0 saturated carbocycles. The second-order valence-corrected chi connectivity index (χ2v) is 16.4. The Morgan fingerprint density at radius 2 is 1.50 bits per heavy atom. The zero-order valence-corrected chi connectivity index (χ0v) is 24.6. The molecule has 0 saturated heterocycles. The third kappa shape index (κ3) is 5.79. The van der Waals surface area contributed by atoms with Crippen LogP contribution in [0.15, 0.2) is 35.1 Å². The zero-order chi connectivity index (χ0) is 27.1. The number of aryl methyl sites for hydroxylation is 2. The van der Waals surface area contributed by atoms with Crippen molar-refractivity contribution in [2.24, 2.45) is 0 Å². The highest BCUT2D eigenvalue weighted by Gasteiger charge is 2.41. The topological polar surface area (TPSA) is 69.8 Å². The molecule has 6 nitrogen and oxygen atoms in total. The van der Waals surface area contributed by atoms with Crippen molar-refractivity contribution in [3.63, 3.8) is 0 Å². The summed E-state index contributed by atoms with van der Waals surface area (Å²) < 4.78 is 23.8. The van der Waals surface area contributed by atoms with Gasteiger partial charge in [0.1, 0.15) is 23.9 Å². The third-order valence-corrected chi connectivity index (χ3v) is 11.7. The summed E-state index contributed by atoms with van der Waals surface area (Å²) in [5, 5.41) is 1.38. The first-order valence-electron chi connectivity index (χ1n) is 12.3. The molecule has 0 aliphatic heterocycles. The maximum Gasteiger partial charge on any atom is 0.260 e. The van der Waals surface area contributed by atoms with E-state index in [2.05, 4.69) is 52.7 Å². The van der Waals surface area contributed by atoms with Crippen LogP contribution in [0.4, 0.5) is 0 Å². The second kappa shape index (κ2) is 9.94. The predicted octanol–water partition coefficient (Wildman–Crippen LogP) is 7.01. The summed E-state index contributed by atoms with van der Waals surface area (Å²) in [6.45, 7) is 19.9. The Morgan fingerprint density at radius 1 is 0.889 bits per heavy atom. The average molecular weight is 512 g/mol. The van der Waals surface area contributed by atoms with Crippen LogP contribution < -0.4 is 19.8 Å². The number of H-pyrrole nitrogens is 1. The summed E-state index contributed by atoms with van der Waals surface area (Å²) in [6.07, 6.45) is 0. The molecule has 0 bridgehead atoms.